The first-order chi connectivity index (χ1) is 54.7. The van der Waals surface area contributed by atoms with Gasteiger partial charge in [-0.3, -0.25) is 37.3 Å². The summed E-state index contributed by atoms with van der Waals surface area (Å²) in [6.07, 6.45) is 101. The Labute approximate surface area is 679 Å². The Balaban J connectivity index is 5.46. The highest BCUT2D eigenvalue weighted by Gasteiger charge is 2.30. The Bertz CT molecular complexity index is 2840. The molecule has 0 fully saturated rings. The summed E-state index contributed by atoms with van der Waals surface area (Å²) in [5, 5.41) is 10.7. The van der Waals surface area contributed by atoms with Gasteiger partial charge in [-0.25, -0.2) is 9.13 Å². The Morgan fingerprint density at radius 3 is 0.732 bits per heavy atom. The molecule has 0 heterocycles. The van der Waals surface area contributed by atoms with Crippen LogP contribution in [0.3, 0.4) is 0 Å². The van der Waals surface area contributed by atoms with E-state index in [-0.39, 0.29) is 25.7 Å². The molecule has 0 aromatic rings. The first kappa shape index (κ1) is 106. The summed E-state index contributed by atoms with van der Waals surface area (Å²) < 4.78 is 68.8. The summed E-state index contributed by atoms with van der Waals surface area (Å²) in [6, 6.07) is 0. The Morgan fingerprint density at radius 2 is 0.464 bits per heavy atom. The molecular weight excluding hydrogens is 1450 g/mol. The fraction of sp³-hybridized carbons (Fsp3) is 0.634. The average molecular weight is 1600 g/mol. The number of aliphatic hydroxyl groups excluding tert-OH is 1. The molecule has 636 valence electrons. The van der Waals surface area contributed by atoms with Gasteiger partial charge in [-0.05, 0) is 180 Å². The van der Waals surface area contributed by atoms with Crippen LogP contribution in [0.15, 0.2) is 182 Å². The highest BCUT2D eigenvalue weighted by molar-refractivity contribution is 7.47. The van der Waals surface area contributed by atoms with E-state index < -0.39 is 97.5 Å². The third-order valence-electron chi connectivity index (χ3n) is 17.3. The van der Waals surface area contributed by atoms with Crippen molar-refractivity contribution in [3.63, 3.8) is 0 Å². The van der Waals surface area contributed by atoms with Crippen LogP contribution in [0, 0.1) is 0 Å². The molecule has 0 aromatic heterocycles. The number of allylic oxidation sites excluding steroid dienone is 30. The summed E-state index contributed by atoms with van der Waals surface area (Å²) >= 11 is 0. The normalized spacial score (nSPS) is 14.7. The Hall–Kier alpha value is -5.84. The van der Waals surface area contributed by atoms with E-state index in [9.17, 15) is 43.2 Å². The topological polar surface area (TPSA) is 237 Å². The molecule has 5 atom stereocenters. The van der Waals surface area contributed by atoms with E-state index in [2.05, 4.69) is 210 Å². The molecule has 0 rings (SSSR count). The van der Waals surface area contributed by atoms with Gasteiger partial charge in [0.2, 0.25) is 0 Å². The van der Waals surface area contributed by atoms with E-state index >= 15 is 0 Å². The second kappa shape index (κ2) is 83.1. The molecule has 0 radical (unpaired) electrons. The van der Waals surface area contributed by atoms with Crippen LogP contribution < -0.4 is 0 Å². The molecule has 5 unspecified atom stereocenters. The summed E-state index contributed by atoms with van der Waals surface area (Å²) in [4.78, 5) is 73.3. The molecule has 0 aliphatic rings. The number of rotatable bonds is 79. The lowest BCUT2D eigenvalue weighted by Crippen LogP contribution is -2.30. The number of hydrogen-bond donors (Lipinski definition) is 3. The van der Waals surface area contributed by atoms with Crippen LogP contribution in [0.2, 0.25) is 0 Å². The van der Waals surface area contributed by atoms with Gasteiger partial charge in [0.1, 0.15) is 19.3 Å². The summed E-state index contributed by atoms with van der Waals surface area (Å²) in [5.74, 6) is -2.27. The first-order valence-electron chi connectivity index (χ1n) is 43.0. The zero-order valence-electron chi connectivity index (χ0n) is 69.8. The van der Waals surface area contributed by atoms with Crippen molar-refractivity contribution < 1.29 is 80.2 Å². The van der Waals surface area contributed by atoms with Crippen LogP contribution in [0.4, 0.5) is 0 Å². The monoisotopic (exact) mass is 1600 g/mol. The third-order valence-corrected chi connectivity index (χ3v) is 19.2. The van der Waals surface area contributed by atoms with E-state index in [0.717, 1.165) is 218 Å². The van der Waals surface area contributed by atoms with Gasteiger partial charge < -0.3 is 33.8 Å². The van der Waals surface area contributed by atoms with Crippen LogP contribution in [-0.4, -0.2) is 96.7 Å². The predicted molar refractivity (Wildman–Crippen MR) is 463 cm³/mol. The number of ether oxygens (including phenoxy) is 4. The standard InChI is InChI=1S/C93H152O17P2/c1-5-9-13-17-21-25-29-33-37-40-43-46-50-53-57-61-65-69-73-77-90(95)103-83-88(109-92(97)79-75-71-67-63-59-55-49-36-32-28-24-20-16-12-8-4)85-107-111(99,100)105-81-87(94)82-106-112(101,102)108-86-89(110-93(98)80-76-72-68-64-60-56-52-48-45-42-39-35-31-27-23-19-15-11-7-3)84-104-91(96)78-74-70-66-62-58-54-51-47-44-41-38-34-30-26-22-18-14-10-6-2/h9-10,12-14,16,21-28,33-39,43-49,59,63,87-89,94H,5-8,11,15,17-20,29-32,40-42,50-58,60-62,64-86H2,1-4H3,(H,99,100)(H,101,102)/b13-9-,14-10-,16-12-,25-21-,26-22-,27-23-,28-24-,37-33-,38-34-,39-35-,46-43-,47-44-,48-45-,49-36-,63-59-. The van der Waals surface area contributed by atoms with Crippen LogP contribution in [0.25, 0.3) is 0 Å². The molecule has 0 aliphatic heterocycles. The minimum Gasteiger partial charge on any atom is -0.462 e. The zero-order chi connectivity index (χ0) is 81.7. The Morgan fingerprint density at radius 1 is 0.259 bits per heavy atom. The van der Waals surface area contributed by atoms with Gasteiger partial charge in [0.25, 0.3) is 0 Å². The Kier molecular flexibility index (Phi) is 78.8. The first-order valence-corrected chi connectivity index (χ1v) is 46.0. The minimum absolute atomic E-state index is 0.0325. The molecule has 0 aromatic carbocycles. The molecule has 0 saturated carbocycles. The number of hydrogen-bond acceptors (Lipinski definition) is 15. The lowest BCUT2D eigenvalue weighted by Gasteiger charge is -2.21. The highest BCUT2D eigenvalue weighted by Crippen LogP contribution is 2.45. The van der Waals surface area contributed by atoms with Gasteiger partial charge in [-0.1, -0.05) is 300 Å². The molecule has 112 heavy (non-hydrogen) atoms. The lowest BCUT2D eigenvalue weighted by atomic mass is 10.1. The largest absolute Gasteiger partial charge is 0.472 e. The zero-order valence-corrected chi connectivity index (χ0v) is 71.6. The van der Waals surface area contributed by atoms with Crippen molar-refractivity contribution in [2.45, 2.75) is 341 Å². The van der Waals surface area contributed by atoms with E-state index in [1.807, 2.05) is 0 Å². The quantitative estimate of drug-likeness (QED) is 0.0169. The fourth-order valence-electron chi connectivity index (χ4n) is 10.9. The molecule has 0 saturated heterocycles. The van der Waals surface area contributed by atoms with Crippen molar-refractivity contribution in [3.8, 4) is 0 Å². The van der Waals surface area contributed by atoms with E-state index in [0.29, 0.717) is 32.1 Å². The number of phosphoric acid groups is 2. The second-order valence-corrected chi connectivity index (χ2v) is 30.9. The van der Waals surface area contributed by atoms with Crippen molar-refractivity contribution >= 4 is 39.5 Å². The molecule has 19 heteroatoms. The minimum atomic E-state index is -5.01. The maximum Gasteiger partial charge on any atom is 0.472 e. The van der Waals surface area contributed by atoms with Crippen molar-refractivity contribution in [1.82, 2.24) is 0 Å². The number of esters is 4. The van der Waals surface area contributed by atoms with Crippen molar-refractivity contribution in [2.75, 3.05) is 39.6 Å². The van der Waals surface area contributed by atoms with Crippen molar-refractivity contribution in [1.29, 1.82) is 0 Å². The lowest BCUT2D eigenvalue weighted by molar-refractivity contribution is -0.161. The molecule has 0 bridgehead atoms. The number of carbonyl (C=O) groups is 4. The smallest absolute Gasteiger partial charge is 0.462 e. The summed E-state index contributed by atoms with van der Waals surface area (Å²) in [6.45, 7) is 4.43. The van der Waals surface area contributed by atoms with Gasteiger partial charge >= 0.3 is 39.5 Å². The van der Waals surface area contributed by atoms with Gasteiger partial charge in [-0.2, -0.15) is 0 Å². The van der Waals surface area contributed by atoms with Crippen LogP contribution in [-0.2, 0) is 65.4 Å². The molecular formula is C93H152O17P2. The molecule has 0 spiro atoms. The molecule has 17 nitrogen and oxygen atoms in total. The van der Waals surface area contributed by atoms with Crippen molar-refractivity contribution in [3.05, 3.63) is 182 Å². The van der Waals surface area contributed by atoms with Gasteiger partial charge in [0.15, 0.2) is 12.2 Å². The SMILES string of the molecule is CC/C=C\C/C=C\C/C=C\C/C=C\CCCCCCCCC(=O)OCC(COP(=O)(O)OCC(O)COP(=O)(O)OCC(COC(=O)CCCCCCCC/C=C\C/C=C\C/C=C\C/C=C\CC)OC(=O)CCCCCCCC/C=C\C/C=C\C/C=C\CCCCC)OC(=O)CCCC/C=C\C/C=C\C/C=C\C/C=C\CC. The van der Waals surface area contributed by atoms with E-state index in [1.165, 1.54) is 19.3 Å². The van der Waals surface area contributed by atoms with Gasteiger partial charge in [-0.15, -0.1) is 0 Å². The van der Waals surface area contributed by atoms with Gasteiger partial charge in [0.05, 0.1) is 26.4 Å². The van der Waals surface area contributed by atoms with Crippen LogP contribution >= 0.6 is 15.6 Å². The molecule has 0 amide bonds. The highest BCUT2D eigenvalue weighted by atomic mass is 31.2. The average Bonchev–Trinajstić information content (AvgIpc) is 0.898. The van der Waals surface area contributed by atoms with E-state index in [4.69, 9.17) is 37.0 Å². The number of phosphoric ester groups is 2. The summed E-state index contributed by atoms with van der Waals surface area (Å²) in [5.41, 5.74) is 0. The van der Waals surface area contributed by atoms with Crippen LogP contribution in [0.1, 0.15) is 323 Å². The fourth-order valence-corrected chi connectivity index (χ4v) is 12.5. The maximum atomic E-state index is 13.2. The van der Waals surface area contributed by atoms with Crippen molar-refractivity contribution in [2.24, 2.45) is 0 Å². The van der Waals surface area contributed by atoms with Gasteiger partial charge in [0, 0.05) is 25.7 Å². The number of carbonyl (C=O) groups excluding carboxylic acids is 4. The predicted octanol–water partition coefficient (Wildman–Crippen LogP) is 25.9. The third kappa shape index (κ3) is 82.2. The van der Waals surface area contributed by atoms with Crippen LogP contribution in [0.5, 0.6) is 0 Å². The molecule has 0 aliphatic carbocycles. The maximum absolute atomic E-state index is 13.2. The molecule has 3 N–H and O–H groups in total. The van der Waals surface area contributed by atoms with E-state index in [1.54, 1.807) is 0 Å². The summed E-state index contributed by atoms with van der Waals surface area (Å²) in [7, 11) is -10.0. The number of aliphatic hydroxyl groups is 1. The second-order valence-electron chi connectivity index (χ2n) is 28.0. The number of unbranched alkanes of at least 4 members (excludes halogenated alkanes) is 23.